The molecule has 0 radical (unpaired) electrons. The van der Waals surface area contributed by atoms with Gasteiger partial charge in [0, 0.05) is 0 Å². The maximum atomic E-state index is 7.27. The Kier molecular flexibility index (Phi) is 2.31. The lowest BCUT2D eigenvalue weighted by Crippen LogP contribution is -2.16. The van der Waals surface area contributed by atoms with Crippen molar-refractivity contribution in [2.45, 2.75) is 31.8 Å². The summed E-state index contributed by atoms with van der Waals surface area (Å²) in [5.41, 5.74) is 0. The summed E-state index contributed by atoms with van der Waals surface area (Å²) in [5.74, 6) is 1.69. The summed E-state index contributed by atoms with van der Waals surface area (Å²) in [5, 5.41) is 7.27. The van der Waals surface area contributed by atoms with Crippen LogP contribution in [0.5, 0.6) is 0 Å². The third-order valence-corrected chi connectivity index (χ3v) is 3.78. The number of fused-ring (bicyclic) bond motifs is 2. The summed E-state index contributed by atoms with van der Waals surface area (Å²) in [4.78, 5) is 0. The molecule has 4 unspecified atom stereocenters. The zero-order valence-corrected chi connectivity index (χ0v) is 8.31. The maximum absolute atomic E-state index is 7.27. The maximum Gasteiger partial charge on any atom is 0.121 e. The first-order valence-corrected chi connectivity index (χ1v) is 6.89. The molecule has 11 heavy (non-hydrogen) atoms. The zero-order valence-electron chi connectivity index (χ0n) is 6.42. The molecule has 4 atom stereocenters. The Bertz CT molecular complexity index is 187. The smallest absolute Gasteiger partial charge is 0.121 e. The van der Waals surface area contributed by atoms with Crippen molar-refractivity contribution in [3.05, 3.63) is 0 Å². The van der Waals surface area contributed by atoms with Gasteiger partial charge in [-0.2, -0.15) is 0 Å². The highest BCUT2D eigenvalue weighted by molar-refractivity contribution is 8.39. The van der Waals surface area contributed by atoms with Gasteiger partial charge in [0.2, 0.25) is 0 Å². The predicted octanol–water partition coefficient (Wildman–Crippen LogP) is 2.93. The van der Waals surface area contributed by atoms with Crippen LogP contribution in [0.25, 0.3) is 0 Å². The second-order valence-electron chi connectivity index (χ2n) is 3.64. The highest BCUT2D eigenvalue weighted by Crippen LogP contribution is 2.49. The minimum atomic E-state index is -1.49. The molecule has 0 heterocycles. The van der Waals surface area contributed by atoms with Crippen molar-refractivity contribution < 1.29 is 4.52 Å². The Balaban J connectivity index is 1.92. The molecule has 0 aliphatic heterocycles. The van der Waals surface area contributed by atoms with Crippen molar-refractivity contribution in [3.63, 3.8) is 0 Å². The highest BCUT2D eigenvalue weighted by atomic mass is 32.7. The van der Waals surface area contributed by atoms with Crippen LogP contribution in [0.15, 0.2) is 0 Å². The van der Waals surface area contributed by atoms with Crippen LogP contribution in [0.4, 0.5) is 0 Å². The van der Waals surface area contributed by atoms with Gasteiger partial charge in [-0.3, -0.25) is 5.16 Å². The van der Waals surface area contributed by atoms with Gasteiger partial charge in [-0.25, -0.2) is 0 Å². The normalized spacial score (nSPS) is 44.6. The Morgan fingerprint density at radius 2 is 2.18 bits per heavy atom. The molecule has 2 bridgehead atoms. The average molecular weight is 191 g/mol. The van der Waals surface area contributed by atoms with E-state index in [9.17, 15) is 0 Å². The SMILES string of the molecule is N=[PH](S)OC1CC2CCC1C2. The molecule has 1 N–H and O–H groups in total. The third-order valence-electron chi connectivity index (χ3n) is 2.94. The zero-order chi connectivity index (χ0) is 7.84. The molecule has 2 saturated carbocycles. The number of thiol groups is 1. The van der Waals surface area contributed by atoms with Gasteiger partial charge >= 0.3 is 0 Å². The van der Waals surface area contributed by atoms with E-state index in [1.165, 1.54) is 25.7 Å². The van der Waals surface area contributed by atoms with E-state index in [0.717, 1.165) is 11.8 Å². The summed E-state index contributed by atoms with van der Waals surface area (Å²) in [7, 11) is -1.49. The van der Waals surface area contributed by atoms with Crippen LogP contribution in [-0.4, -0.2) is 6.10 Å². The molecule has 0 aromatic heterocycles. The molecular formula is C7H14NOPS. The van der Waals surface area contributed by atoms with E-state index in [-0.39, 0.29) is 0 Å². The molecule has 2 rings (SSSR count). The Morgan fingerprint density at radius 3 is 2.64 bits per heavy atom. The van der Waals surface area contributed by atoms with E-state index >= 15 is 0 Å². The lowest BCUT2D eigenvalue weighted by molar-refractivity contribution is 0.161. The molecule has 4 heteroatoms. The molecule has 0 aromatic carbocycles. The first-order valence-electron chi connectivity index (χ1n) is 4.20. The van der Waals surface area contributed by atoms with Crippen LogP contribution in [0, 0.1) is 17.0 Å². The van der Waals surface area contributed by atoms with Gasteiger partial charge in [0.15, 0.2) is 0 Å². The number of hydrogen-bond donors (Lipinski definition) is 2. The standard InChI is InChI=1S/C7H14NOPS/c8-10(11)9-7-4-5-1-2-6(7)3-5/h5-7,10H,1-4H2,(H2,8,11). The summed E-state index contributed by atoms with van der Waals surface area (Å²) in [6.07, 6.45) is 5.69. The molecule has 2 fully saturated rings. The average Bonchev–Trinajstić information content (AvgIpc) is 2.45. The van der Waals surface area contributed by atoms with Crippen LogP contribution in [0.3, 0.4) is 0 Å². The van der Waals surface area contributed by atoms with Crippen molar-refractivity contribution in [1.82, 2.24) is 0 Å². The summed E-state index contributed by atoms with van der Waals surface area (Å²) >= 11 is 4.01. The molecule has 0 spiro atoms. The second kappa shape index (κ2) is 3.12. The second-order valence-corrected chi connectivity index (χ2v) is 5.70. The summed E-state index contributed by atoms with van der Waals surface area (Å²) in [6.45, 7) is 0. The van der Waals surface area contributed by atoms with Crippen molar-refractivity contribution in [3.8, 4) is 0 Å². The largest absolute Gasteiger partial charge is 0.335 e. The Morgan fingerprint density at radius 1 is 1.36 bits per heavy atom. The number of rotatable bonds is 2. The molecule has 2 aliphatic carbocycles. The Labute approximate surface area is 73.2 Å². The molecule has 0 aromatic rings. The quantitative estimate of drug-likeness (QED) is 0.510. The van der Waals surface area contributed by atoms with Crippen molar-refractivity contribution in [2.24, 2.45) is 11.8 Å². The van der Waals surface area contributed by atoms with Gasteiger partial charge in [0.1, 0.15) is 7.14 Å². The monoisotopic (exact) mass is 191 g/mol. The van der Waals surface area contributed by atoms with Gasteiger partial charge in [0.25, 0.3) is 0 Å². The summed E-state index contributed by atoms with van der Waals surface area (Å²) in [6, 6.07) is 0. The topological polar surface area (TPSA) is 33.1 Å². The van der Waals surface area contributed by atoms with Crippen molar-refractivity contribution in [2.75, 3.05) is 0 Å². The molecule has 64 valence electrons. The lowest BCUT2D eigenvalue weighted by Gasteiger charge is -2.21. The molecule has 2 nitrogen and oxygen atoms in total. The predicted molar refractivity (Wildman–Crippen MR) is 50.3 cm³/mol. The Hall–Kier alpha value is 0.540. The van der Waals surface area contributed by atoms with E-state index in [0.29, 0.717) is 6.10 Å². The molecule has 2 aliphatic rings. The fourth-order valence-electron chi connectivity index (χ4n) is 2.47. The first-order chi connectivity index (χ1) is 5.25. The van der Waals surface area contributed by atoms with E-state index in [1.54, 1.807) is 0 Å². The van der Waals surface area contributed by atoms with Gasteiger partial charge < -0.3 is 4.52 Å². The van der Waals surface area contributed by atoms with Gasteiger partial charge in [-0.15, -0.1) is 12.2 Å². The van der Waals surface area contributed by atoms with Crippen LogP contribution in [0.1, 0.15) is 25.7 Å². The van der Waals surface area contributed by atoms with Gasteiger partial charge in [0.05, 0.1) is 6.10 Å². The van der Waals surface area contributed by atoms with Crippen LogP contribution >= 0.6 is 19.4 Å². The lowest BCUT2D eigenvalue weighted by atomic mass is 9.98. The third kappa shape index (κ3) is 1.66. The summed E-state index contributed by atoms with van der Waals surface area (Å²) < 4.78 is 5.48. The number of hydrogen-bond acceptors (Lipinski definition) is 2. The van der Waals surface area contributed by atoms with E-state index in [1.807, 2.05) is 0 Å². The van der Waals surface area contributed by atoms with Crippen molar-refractivity contribution >= 4 is 19.4 Å². The molecule has 0 saturated heterocycles. The van der Waals surface area contributed by atoms with Crippen LogP contribution in [-0.2, 0) is 4.52 Å². The minimum Gasteiger partial charge on any atom is -0.335 e. The minimum absolute atomic E-state index is 0.401. The van der Waals surface area contributed by atoms with Crippen LogP contribution < -0.4 is 0 Å². The molecular weight excluding hydrogens is 177 g/mol. The van der Waals surface area contributed by atoms with Crippen molar-refractivity contribution in [1.29, 1.82) is 5.16 Å². The first kappa shape index (κ1) is 8.15. The van der Waals surface area contributed by atoms with E-state index < -0.39 is 7.14 Å². The fourth-order valence-corrected chi connectivity index (χ4v) is 3.46. The van der Waals surface area contributed by atoms with E-state index in [2.05, 4.69) is 12.2 Å². The highest BCUT2D eigenvalue weighted by Gasteiger charge is 2.40. The van der Waals surface area contributed by atoms with Crippen LogP contribution in [0.2, 0.25) is 0 Å². The van der Waals surface area contributed by atoms with Gasteiger partial charge in [-0.05, 0) is 37.5 Å². The fraction of sp³-hybridized carbons (Fsp3) is 1.00. The number of nitrogens with one attached hydrogen (secondary N) is 1. The van der Waals surface area contributed by atoms with E-state index in [4.69, 9.17) is 9.69 Å². The molecule has 0 amide bonds. The van der Waals surface area contributed by atoms with Gasteiger partial charge in [-0.1, -0.05) is 0 Å².